The second-order valence-electron chi connectivity index (χ2n) is 4.62. The minimum atomic E-state index is -4.27. The molecule has 0 amide bonds. The first-order valence-electron chi connectivity index (χ1n) is 6.04. The summed E-state index contributed by atoms with van der Waals surface area (Å²) in [5, 5.41) is 3.23. The standard InChI is InChI=1S/C13H17F3N2/c1-9-10(2)12(18-7-5-17-6-8-18)4-3-11(9)13(14,15)16/h3-4,17H,5-8H2,1-2H3. The van der Waals surface area contributed by atoms with Crippen molar-refractivity contribution in [2.24, 2.45) is 0 Å². The molecule has 1 aliphatic heterocycles. The fourth-order valence-corrected chi connectivity index (χ4v) is 2.36. The van der Waals surface area contributed by atoms with E-state index < -0.39 is 11.7 Å². The zero-order valence-electron chi connectivity index (χ0n) is 10.6. The van der Waals surface area contributed by atoms with Gasteiger partial charge in [-0.05, 0) is 37.1 Å². The van der Waals surface area contributed by atoms with Crippen molar-refractivity contribution < 1.29 is 13.2 Å². The highest BCUT2D eigenvalue weighted by atomic mass is 19.4. The van der Waals surface area contributed by atoms with Gasteiger partial charge in [-0.2, -0.15) is 13.2 Å². The third kappa shape index (κ3) is 2.46. The number of alkyl halides is 3. The quantitative estimate of drug-likeness (QED) is 0.833. The van der Waals surface area contributed by atoms with Gasteiger partial charge in [0.1, 0.15) is 0 Å². The van der Waals surface area contributed by atoms with Crippen LogP contribution in [0, 0.1) is 13.8 Å². The van der Waals surface area contributed by atoms with Crippen molar-refractivity contribution in [3.8, 4) is 0 Å². The summed E-state index contributed by atoms with van der Waals surface area (Å²) in [6.07, 6.45) is -4.27. The molecule has 2 rings (SSSR count). The lowest BCUT2D eigenvalue weighted by atomic mass is 10.00. The summed E-state index contributed by atoms with van der Waals surface area (Å²) in [5.41, 5.74) is 1.45. The smallest absolute Gasteiger partial charge is 0.369 e. The van der Waals surface area contributed by atoms with Crippen molar-refractivity contribution in [2.45, 2.75) is 20.0 Å². The highest BCUT2D eigenvalue weighted by molar-refractivity contribution is 5.59. The third-order valence-corrected chi connectivity index (χ3v) is 3.52. The molecule has 0 spiro atoms. The van der Waals surface area contributed by atoms with Gasteiger partial charge in [0.05, 0.1) is 5.56 Å². The van der Waals surface area contributed by atoms with E-state index >= 15 is 0 Å². The van der Waals surface area contributed by atoms with Crippen molar-refractivity contribution in [1.29, 1.82) is 0 Å². The molecular weight excluding hydrogens is 241 g/mol. The number of nitrogens with one attached hydrogen (secondary N) is 1. The fourth-order valence-electron chi connectivity index (χ4n) is 2.36. The minimum absolute atomic E-state index is 0.332. The Kier molecular flexibility index (Phi) is 3.52. The Balaban J connectivity index is 2.37. The topological polar surface area (TPSA) is 15.3 Å². The van der Waals surface area contributed by atoms with Crippen LogP contribution in [0.3, 0.4) is 0 Å². The number of hydrogen-bond donors (Lipinski definition) is 1. The maximum atomic E-state index is 12.8. The highest BCUT2D eigenvalue weighted by Crippen LogP contribution is 2.36. The van der Waals surface area contributed by atoms with Crippen LogP contribution >= 0.6 is 0 Å². The van der Waals surface area contributed by atoms with E-state index in [1.54, 1.807) is 19.9 Å². The molecule has 5 heteroatoms. The fraction of sp³-hybridized carbons (Fsp3) is 0.538. The van der Waals surface area contributed by atoms with Crippen LogP contribution in [0.5, 0.6) is 0 Å². The lowest BCUT2D eigenvalue weighted by Crippen LogP contribution is -2.43. The van der Waals surface area contributed by atoms with Crippen molar-refractivity contribution in [2.75, 3.05) is 31.1 Å². The molecule has 1 aromatic rings. The van der Waals surface area contributed by atoms with Crippen LogP contribution in [0.25, 0.3) is 0 Å². The Labute approximate surface area is 105 Å². The number of benzene rings is 1. The molecule has 0 aromatic heterocycles. The summed E-state index contributed by atoms with van der Waals surface area (Å²) in [5.74, 6) is 0. The third-order valence-electron chi connectivity index (χ3n) is 3.52. The lowest BCUT2D eigenvalue weighted by molar-refractivity contribution is -0.138. The van der Waals surface area contributed by atoms with Crippen molar-refractivity contribution in [1.82, 2.24) is 5.32 Å². The first-order valence-corrected chi connectivity index (χ1v) is 6.04. The summed E-state index contributed by atoms with van der Waals surface area (Å²) in [6, 6.07) is 2.79. The van der Waals surface area contributed by atoms with Gasteiger partial charge in [-0.1, -0.05) is 0 Å². The molecule has 0 radical (unpaired) electrons. The van der Waals surface area contributed by atoms with E-state index in [1.165, 1.54) is 6.07 Å². The van der Waals surface area contributed by atoms with E-state index in [0.29, 0.717) is 5.56 Å². The van der Waals surface area contributed by atoms with Gasteiger partial charge in [-0.15, -0.1) is 0 Å². The summed E-state index contributed by atoms with van der Waals surface area (Å²) in [6.45, 7) is 6.74. The monoisotopic (exact) mass is 258 g/mol. The molecule has 18 heavy (non-hydrogen) atoms. The van der Waals surface area contributed by atoms with Crippen molar-refractivity contribution in [3.63, 3.8) is 0 Å². The second kappa shape index (κ2) is 4.80. The Morgan fingerprint density at radius 2 is 1.67 bits per heavy atom. The number of piperazine rings is 1. The zero-order valence-corrected chi connectivity index (χ0v) is 10.6. The predicted molar refractivity (Wildman–Crippen MR) is 66.0 cm³/mol. The van der Waals surface area contributed by atoms with E-state index in [1.807, 2.05) is 0 Å². The van der Waals surface area contributed by atoms with E-state index in [9.17, 15) is 13.2 Å². The first-order chi connectivity index (χ1) is 8.41. The van der Waals surface area contributed by atoms with Gasteiger partial charge in [0, 0.05) is 31.9 Å². The Morgan fingerprint density at radius 3 is 2.22 bits per heavy atom. The summed E-state index contributed by atoms with van der Waals surface area (Å²) in [7, 11) is 0. The van der Waals surface area contributed by atoms with Gasteiger partial charge in [0.15, 0.2) is 0 Å². The van der Waals surface area contributed by atoms with Crippen LogP contribution in [0.1, 0.15) is 16.7 Å². The van der Waals surface area contributed by atoms with Gasteiger partial charge in [0.2, 0.25) is 0 Å². The number of halogens is 3. The van der Waals surface area contributed by atoms with Gasteiger partial charge >= 0.3 is 6.18 Å². The van der Waals surface area contributed by atoms with Crippen LogP contribution in [-0.2, 0) is 6.18 Å². The average Bonchev–Trinajstić information content (AvgIpc) is 2.32. The van der Waals surface area contributed by atoms with Crippen molar-refractivity contribution in [3.05, 3.63) is 28.8 Å². The first kappa shape index (κ1) is 13.2. The van der Waals surface area contributed by atoms with Crippen LogP contribution in [0.4, 0.5) is 18.9 Å². The van der Waals surface area contributed by atoms with E-state index in [0.717, 1.165) is 37.4 Å². The molecule has 1 N–H and O–H groups in total. The molecule has 100 valence electrons. The van der Waals surface area contributed by atoms with Crippen LogP contribution < -0.4 is 10.2 Å². The van der Waals surface area contributed by atoms with E-state index in [-0.39, 0.29) is 0 Å². The molecule has 1 aliphatic rings. The number of hydrogen-bond acceptors (Lipinski definition) is 2. The number of nitrogens with zero attached hydrogens (tertiary/aromatic N) is 1. The van der Waals surface area contributed by atoms with Gasteiger partial charge in [-0.3, -0.25) is 0 Å². The Hall–Kier alpha value is -1.23. The molecule has 1 saturated heterocycles. The van der Waals surface area contributed by atoms with Gasteiger partial charge in [0.25, 0.3) is 0 Å². The Bertz CT molecular complexity index is 435. The maximum Gasteiger partial charge on any atom is 0.416 e. The molecule has 0 aliphatic carbocycles. The highest BCUT2D eigenvalue weighted by Gasteiger charge is 2.33. The number of rotatable bonds is 1. The van der Waals surface area contributed by atoms with Crippen LogP contribution in [0.15, 0.2) is 12.1 Å². The molecule has 2 nitrogen and oxygen atoms in total. The molecule has 1 heterocycles. The molecule has 0 bridgehead atoms. The molecule has 1 fully saturated rings. The average molecular weight is 258 g/mol. The maximum absolute atomic E-state index is 12.8. The predicted octanol–water partition coefficient (Wildman–Crippen LogP) is 2.73. The van der Waals surface area contributed by atoms with E-state index in [2.05, 4.69) is 10.2 Å². The van der Waals surface area contributed by atoms with Crippen LogP contribution in [0.2, 0.25) is 0 Å². The molecule has 1 aromatic carbocycles. The molecule has 0 atom stereocenters. The number of anilines is 1. The van der Waals surface area contributed by atoms with E-state index in [4.69, 9.17) is 0 Å². The normalized spacial score (nSPS) is 17.1. The van der Waals surface area contributed by atoms with Crippen LogP contribution in [-0.4, -0.2) is 26.2 Å². The SMILES string of the molecule is Cc1c(N2CCNCC2)ccc(C(F)(F)F)c1C. The lowest BCUT2D eigenvalue weighted by Gasteiger charge is -2.31. The molecule has 0 unspecified atom stereocenters. The van der Waals surface area contributed by atoms with Gasteiger partial charge in [-0.25, -0.2) is 0 Å². The summed E-state index contributed by atoms with van der Waals surface area (Å²) < 4.78 is 38.3. The summed E-state index contributed by atoms with van der Waals surface area (Å²) >= 11 is 0. The largest absolute Gasteiger partial charge is 0.416 e. The van der Waals surface area contributed by atoms with Crippen molar-refractivity contribution >= 4 is 5.69 Å². The molecule has 0 saturated carbocycles. The van der Waals surface area contributed by atoms with Gasteiger partial charge < -0.3 is 10.2 Å². The zero-order chi connectivity index (χ0) is 13.3. The summed E-state index contributed by atoms with van der Waals surface area (Å²) in [4.78, 5) is 2.14. The Morgan fingerprint density at radius 1 is 1.06 bits per heavy atom. The molecular formula is C13H17F3N2. The minimum Gasteiger partial charge on any atom is -0.369 e. The second-order valence-corrected chi connectivity index (χ2v) is 4.62.